The number of Topliss-reactive ketones (excluding diaryl/α,β-unsaturated/α-hetero) is 1. The predicted octanol–water partition coefficient (Wildman–Crippen LogP) is -0.606. The Bertz CT molecular complexity index is 467. The summed E-state index contributed by atoms with van der Waals surface area (Å²) >= 11 is 0. The first kappa shape index (κ1) is 11.7. The van der Waals surface area contributed by atoms with Crippen LogP contribution < -0.4 is 0 Å². The van der Waals surface area contributed by atoms with Gasteiger partial charge in [0.05, 0.1) is 5.71 Å². The maximum absolute atomic E-state index is 11.0. The highest BCUT2D eigenvalue weighted by Gasteiger charge is 2.64. The summed E-state index contributed by atoms with van der Waals surface area (Å²) in [5.41, 5.74) is -3.33. The average Bonchev–Trinajstić information content (AvgIpc) is 2.93. The van der Waals surface area contributed by atoms with E-state index in [1.54, 1.807) is 0 Å². The van der Waals surface area contributed by atoms with Crippen LogP contribution in [0.4, 0.5) is 0 Å². The van der Waals surface area contributed by atoms with E-state index in [4.69, 9.17) is 15.3 Å². The largest absolute Gasteiger partial charge is 0.508 e. The number of aliphatic hydroxyl groups excluding tert-OH is 1. The molecule has 17 heavy (non-hydrogen) atoms. The van der Waals surface area contributed by atoms with Crippen LogP contribution in [0.3, 0.4) is 0 Å². The standard InChI is InChI=1S/C10H11NO6/c1-3(12)2-10(16)7(11)4(9(14)15)5(13)6-8(10)17-6/h6,8,11,13,16H,2H2,1H3,(H,14,15)/t6-,8-,10+/m0/s1. The molecule has 0 aromatic rings. The summed E-state index contributed by atoms with van der Waals surface area (Å²) < 4.78 is 4.94. The summed E-state index contributed by atoms with van der Waals surface area (Å²) in [6, 6.07) is 0. The lowest BCUT2D eigenvalue weighted by molar-refractivity contribution is -0.132. The van der Waals surface area contributed by atoms with Gasteiger partial charge in [-0.3, -0.25) is 4.79 Å². The van der Waals surface area contributed by atoms with Crippen molar-refractivity contribution in [2.45, 2.75) is 31.2 Å². The molecule has 1 aliphatic heterocycles. The molecule has 2 rings (SSSR count). The molecule has 0 bridgehead atoms. The highest BCUT2D eigenvalue weighted by molar-refractivity contribution is 6.23. The first-order chi connectivity index (χ1) is 7.79. The van der Waals surface area contributed by atoms with Crippen LogP contribution in [0.5, 0.6) is 0 Å². The zero-order chi connectivity index (χ0) is 13.0. The molecular formula is C10H11NO6. The number of carboxylic acids is 1. The molecule has 1 saturated heterocycles. The van der Waals surface area contributed by atoms with E-state index in [0.717, 1.165) is 0 Å². The SMILES string of the molecule is CC(=O)C[C@@]1(O)C(=N)C(C(=O)O)=C(O)[C@@H]2O[C@@H]21. The maximum Gasteiger partial charge on any atom is 0.341 e. The zero-order valence-corrected chi connectivity index (χ0v) is 8.93. The Morgan fingerprint density at radius 1 is 1.53 bits per heavy atom. The zero-order valence-electron chi connectivity index (χ0n) is 8.93. The van der Waals surface area contributed by atoms with Crippen LogP contribution in [-0.4, -0.2) is 50.6 Å². The molecule has 2 aliphatic rings. The number of carbonyl (C=O) groups excluding carboxylic acids is 1. The van der Waals surface area contributed by atoms with Gasteiger partial charge >= 0.3 is 5.97 Å². The van der Waals surface area contributed by atoms with E-state index in [-0.39, 0.29) is 0 Å². The van der Waals surface area contributed by atoms with Crippen LogP contribution in [-0.2, 0) is 14.3 Å². The van der Waals surface area contributed by atoms with Gasteiger partial charge in [-0.1, -0.05) is 0 Å². The third kappa shape index (κ3) is 1.55. The summed E-state index contributed by atoms with van der Waals surface area (Å²) in [6.45, 7) is 1.22. The number of epoxide rings is 1. The Labute approximate surface area is 95.8 Å². The molecule has 4 N–H and O–H groups in total. The van der Waals surface area contributed by atoms with Gasteiger partial charge in [-0.25, -0.2) is 4.79 Å². The van der Waals surface area contributed by atoms with Crippen molar-refractivity contribution in [2.24, 2.45) is 0 Å². The van der Waals surface area contributed by atoms with Crippen LogP contribution in [0.2, 0.25) is 0 Å². The molecule has 0 radical (unpaired) electrons. The second kappa shape index (κ2) is 3.38. The minimum atomic E-state index is -1.96. The van der Waals surface area contributed by atoms with E-state index in [1.165, 1.54) is 6.92 Å². The average molecular weight is 241 g/mol. The number of hydrogen-bond donors (Lipinski definition) is 4. The van der Waals surface area contributed by atoms with Gasteiger partial charge in [0.15, 0.2) is 0 Å². The minimum Gasteiger partial charge on any atom is -0.508 e. The van der Waals surface area contributed by atoms with Gasteiger partial charge in [-0.15, -0.1) is 0 Å². The van der Waals surface area contributed by atoms with E-state index >= 15 is 0 Å². The van der Waals surface area contributed by atoms with Gasteiger partial charge in [0.1, 0.15) is 34.9 Å². The number of carboxylic acid groups (broad SMARTS) is 1. The number of carbonyl (C=O) groups is 2. The minimum absolute atomic E-state index is 0.391. The summed E-state index contributed by atoms with van der Waals surface area (Å²) in [5.74, 6) is -2.48. The Hall–Kier alpha value is -1.73. The molecule has 0 spiro atoms. The third-order valence-corrected chi connectivity index (χ3v) is 2.90. The monoisotopic (exact) mass is 241 g/mol. The van der Waals surface area contributed by atoms with Crippen LogP contribution in [0.15, 0.2) is 11.3 Å². The molecule has 0 aromatic heterocycles. The second-order valence-corrected chi connectivity index (χ2v) is 4.22. The lowest BCUT2D eigenvalue weighted by atomic mass is 9.78. The number of fused-ring (bicyclic) bond motifs is 1. The lowest BCUT2D eigenvalue weighted by Crippen LogP contribution is -2.51. The molecule has 7 nitrogen and oxygen atoms in total. The Morgan fingerprint density at radius 3 is 2.59 bits per heavy atom. The van der Waals surface area contributed by atoms with Crippen molar-refractivity contribution in [1.82, 2.24) is 0 Å². The molecule has 0 amide bonds. The number of ketones is 1. The van der Waals surface area contributed by atoms with Crippen molar-refractivity contribution in [1.29, 1.82) is 5.41 Å². The van der Waals surface area contributed by atoms with Gasteiger partial charge in [0, 0.05) is 6.42 Å². The third-order valence-electron chi connectivity index (χ3n) is 2.90. The molecule has 1 fully saturated rings. The van der Waals surface area contributed by atoms with Crippen LogP contribution in [0.25, 0.3) is 0 Å². The molecule has 3 atom stereocenters. The Morgan fingerprint density at radius 2 is 2.12 bits per heavy atom. The van der Waals surface area contributed by atoms with Crippen molar-refractivity contribution < 1.29 is 29.6 Å². The topological polar surface area (TPSA) is 131 Å². The van der Waals surface area contributed by atoms with E-state index in [9.17, 15) is 19.8 Å². The fourth-order valence-corrected chi connectivity index (χ4v) is 2.10. The Kier molecular flexibility index (Phi) is 2.33. The number of nitrogens with one attached hydrogen (secondary N) is 1. The summed E-state index contributed by atoms with van der Waals surface area (Å²) in [4.78, 5) is 21.9. The van der Waals surface area contributed by atoms with Crippen LogP contribution in [0.1, 0.15) is 13.3 Å². The molecule has 1 heterocycles. The van der Waals surface area contributed by atoms with Crippen molar-refractivity contribution >= 4 is 17.5 Å². The van der Waals surface area contributed by atoms with Gasteiger partial charge < -0.3 is 25.5 Å². The van der Waals surface area contributed by atoms with Crippen molar-refractivity contribution in [2.75, 3.05) is 0 Å². The highest BCUT2D eigenvalue weighted by Crippen LogP contribution is 2.45. The van der Waals surface area contributed by atoms with E-state index in [1.807, 2.05) is 0 Å². The fourth-order valence-electron chi connectivity index (χ4n) is 2.10. The number of ether oxygens (including phenoxy) is 1. The number of rotatable bonds is 3. The smallest absolute Gasteiger partial charge is 0.341 e. The number of aliphatic hydroxyl groups is 2. The van der Waals surface area contributed by atoms with Crippen molar-refractivity contribution in [3.63, 3.8) is 0 Å². The maximum atomic E-state index is 11.0. The lowest BCUT2D eigenvalue weighted by Gasteiger charge is -2.29. The summed E-state index contributed by atoms with van der Waals surface area (Å²) in [6.07, 6.45) is -2.25. The van der Waals surface area contributed by atoms with Crippen LogP contribution in [0, 0.1) is 5.41 Å². The van der Waals surface area contributed by atoms with Gasteiger partial charge in [-0.2, -0.15) is 0 Å². The second-order valence-electron chi connectivity index (χ2n) is 4.22. The number of hydrogen-bond acceptors (Lipinski definition) is 6. The molecule has 0 unspecified atom stereocenters. The molecule has 92 valence electrons. The predicted molar refractivity (Wildman–Crippen MR) is 53.9 cm³/mol. The van der Waals surface area contributed by atoms with Crippen molar-refractivity contribution in [3.8, 4) is 0 Å². The van der Waals surface area contributed by atoms with E-state index in [0.29, 0.717) is 0 Å². The number of aliphatic carboxylic acids is 1. The fraction of sp³-hybridized carbons (Fsp3) is 0.500. The van der Waals surface area contributed by atoms with E-state index < -0.39 is 53.0 Å². The molecule has 0 aromatic carbocycles. The summed E-state index contributed by atoms with van der Waals surface area (Å²) in [7, 11) is 0. The van der Waals surface area contributed by atoms with Gasteiger partial charge in [-0.05, 0) is 6.92 Å². The van der Waals surface area contributed by atoms with Crippen molar-refractivity contribution in [3.05, 3.63) is 11.3 Å². The first-order valence-corrected chi connectivity index (χ1v) is 4.92. The molecular weight excluding hydrogens is 230 g/mol. The van der Waals surface area contributed by atoms with Crippen LogP contribution >= 0.6 is 0 Å². The molecule has 0 saturated carbocycles. The molecule has 7 heteroatoms. The van der Waals surface area contributed by atoms with E-state index in [2.05, 4.69) is 0 Å². The van der Waals surface area contributed by atoms with Gasteiger partial charge in [0.2, 0.25) is 0 Å². The molecule has 1 aliphatic carbocycles. The summed E-state index contributed by atoms with van der Waals surface area (Å²) in [5, 5.41) is 36.2. The normalized spacial score (nSPS) is 35.5. The van der Waals surface area contributed by atoms with Gasteiger partial charge in [0.25, 0.3) is 0 Å². The highest BCUT2D eigenvalue weighted by atomic mass is 16.6. The quantitative estimate of drug-likeness (QED) is 0.487. The first-order valence-electron chi connectivity index (χ1n) is 4.92. The Balaban J connectivity index is 2.45.